The fourth-order valence-electron chi connectivity index (χ4n) is 2.40. The Balaban J connectivity index is 1.54. The van der Waals surface area contributed by atoms with Gasteiger partial charge in [-0.2, -0.15) is 0 Å². The third-order valence-corrected chi connectivity index (χ3v) is 4.74. The Bertz CT molecular complexity index is 632. The lowest BCUT2D eigenvalue weighted by Gasteiger charge is -2.33. The van der Waals surface area contributed by atoms with Gasteiger partial charge in [0.2, 0.25) is 0 Å². The number of furan rings is 1. The van der Waals surface area contributed by atoms with Crippen LogP contribution in [0.2, 0.25) is 0 Å². The first-order valence-electron chi connectivity index (χ1n) is 6.80. The molecule has 0 radical (unpaired) electrons. The van der Waals surface area contributed by atoms with Gasteiger partial charge in [0.25, 0.3) is 5.91 Å². The number of piperazine rings is 1. The summed E-state index contributed by atoms with van der Waals surface area (Å²) in [6.07, 6.45) is 0. The molecule has 7 heteroatoms. The van der Waals surface area contributed by atoms with Crippen LogP contribution in [-0.4, -0.2) is 46.9 Å². The van der Waals surface area contributed by atoms with Crippen molar-refractivity contribution in [3.8, 4) is 0 Å². The highest BCUT2D eigenvalue weighted by Crippen LogP contribution is 2.17. The molecule has 1 aliphatic heterocycles. The zero-order valence-corrected chi connectivity index (χ0v) is 14.1. The van der Waals surface area contributed by atoms with Crippen molar-refractivity contribution in [1.29, 1.82) is 0 Å². The van der Waals surface area contributed by atoms with E-state index in [4.69, 9.17) is 4.42 Å². The first-order chi connectivity index (χ1) is 10.1. The van der Waals surface area contributed by atoms with Gasteiger partial charge in [-0.15, -0.1) is 11.3 Å². The van der Waals surface area contributed by atoms with Crippen LogP contribution in [0.4, 0.5) is 0 Å². The summed E-state index contributed by atoms with van der Waals surface area (Å²) in [4.78, 5) is 20.9. The van der Waals surface area contributed by atoms with Gasteiger partial charge in [0, 0.05) is 38.1 Å². The molecule has 1 fully saturated rings. The minimum Gasteiger partial charge on any atom is -0.444 e. The van der Waals surface area contributed by atoms with E-state index in [1.165, 1.54) is 0 Å². The molecule has 0 spiro atoms. The predicted octanol–water partition coefficient (Wildman–Crippen LogP) is 2.77. The third-order valence-electron chi connectivity index (χ3n) is 3.50. The van der Waals surface area contributed by atoms with Crippen LogP contribution in [0.3, 0.4) is 0 Å². The second kappa shape index (κ2) is 6.29. The van der Waals surface area contributed by atoms with Gasteiger partial charge in [0.15, 0.2) is 10.4 Å². The molecule has 21 heavy (non-hydrogen) atoms. The molecule has 0 atom stereocenters. The summed E-state index contributed by atoms with van der Waals surface area (Å²) < 4.78 is 5.91. The molecule has 0 saturated carbocycles. The molecule has 112 valence electrons. The number of nitrogens with zero attached hydrogens (tertiary/aromatic N) is 3. The predicted molar refractivity (Wildman–Crippen MR) is 84.4 cm³/mol. The second-order valence-electron chi connectivity index (χ2n) is 5.03. The molecular formula is C14H16BrN3O2S. The van der Waals surface area contributed by atoms with E-state index in [1.807, 2.05) is 11.8 Å². The molecule has 0 aliphatic carbocycles. The van der Waals surface area contributed by atoms with Gasteiger partial charge in [-0.1, -0.05) is 0 Å². The Morgan fingerprint density at radius 3 is 2.71 bits per heavy atom. The smallest absolute Gasteiger partial charge is 0.289 e. The minimum absolute atomic E-state index is 0.0372. The van der Waals surface area contributed by atoms with Gasteiger partial charge in [0.1, 0.15) is 0 Å². The van der Waals surface area contributed by atoms with Gasteiger partial charge < -0.3 is 9.32 Å². The summed E-state index contributed by atoms with van der Waals surface area (Å²) in [5, 5.41) is 3.20. The highest BCUT2D eigenvalue weighted by molar-refractivity contribution is 9.10. The van der Waals surface area contributed by atoms with Crippen molar-refractivity contribution in [1.82, 2.24) is 14.8 Å². The van der Waals surface area contributed by atoms with Crippen molar-refractivity contribution in [2.75, 3.05) is 26.2 Å². The molecule has 3 rings (SSSR count). The Labute approximate surface area is 135 Å². The third kappa shape index (κ3) is 3.53. The Morgan fingerprint density at radius 1 is 1.38 bits per heavy atom. The molecule has 0 N–H and O–H groups in total. The lowest BCUT2D eigenvalue weighted by Crippen LogP contribution is -2.48. The minimum atomic E-state index is -0.0372. The highest BCUT2D eigenvalue weighted by Gasteiger charge is 2.24. The topological polar surface area (TPSA) is 49.6 Å². The van der Waals surface area contributed by atoms with Crippen molar-refractivity contribution in [3.63, 3.8) is 0 Å². The van der Waals surface area contributed by atoms with E-state index in [2.05, 4.69) is 31.2 Å². The molecule has 1 amide bonds. The molecule has 3 heterocycles. The van der Waals surface area contributed by atoms with Crippen molar-refractivity contribution in [2.45, 2.75) is 13.5 Å². The van der Waals surface area contributed by atoms with E-state index in [0.29, 0.717) is 10.4 Å². The summed E-state index contributed by atoms with van der Waals surface area (Å²) >= 11 is 4.90. The first kappa shape index (κ1) is 14.7. The number of carbonyl (C=O) groups excluding carboxylic acids is 1. The van der Waals surface area contributed by atoms with Crippen LogP contribution in [0.1, 0.15) is 21.3 Å². The van der Waals surface area contributed by atoms with Crippen LogP contribution in [0, 0.1) is 6.92 Å². The van der Waals surface area contributed by atoms with Crippen molar-refractivity contribution in [3.05, 3.63) is 38.6 Å². The fourth-order valence-corrected chi connectivity index (χ4v) is 3.31. The van der Waals surface area contributed by atoms with Gasteiger partial charge >= 0.3 is 0 Å². The van der Waals surface area contributed by atoms with E-state index < -0.39 is 0 Å². The number of halogens is 1. The molecule has 0 aromatic carbocycles. The van der Waals surface area contributed by atoms with Crippen LogP contribution in [0.15, 0.2) is 26.6 Å². The number of rotatable bonds is 3. The number of thiazole rings is 1. The second-order valence-corrected chi connectivity index (χ2v) is 6.87. The maximum atomic E-state index is 12.3. The average molecular weight is 370 g/mol. The highest BCUT2D eigenvalue weighted by atomic mass is 79.9. The lowest BCUT2D eigenvalue weighted by molar-refractivity contribution is 0.0595. The normalized spacial score (nSPS) is 16.4. The molecule has 2 aromatic rings. The largest absolute Gasteiger partial charge is 0.444 e. The average Bonchev–Trinajstić information content (AvgIpc) is 3.08. The summed E-state index contributed by atoms with van der Waals surface area (Å²) in [6.45, 7) is 6.06. The summed E-state index contributed by atoms with van der Waals surface area (Å²) in [6, 6.07) is 3.45. The monoisotopic (exact) mass is 369 g/mol. The summed E-state index contributed by atoms with van der Waals surface area (Å²) in [7, 11) is 0. The number of hydrogen-bond donors (Lipinski definition) is 0. The lowest BCUT2D eigenvalue weighted by atomic mass is 10.2. The zero-order valence-electron chi connectivity index (χ0n) is 11.7. The van der Waals surface area contributed by atoms with Gasteiger partial charge in [0.05, 0.1) is 10.7 Å². The standard InChI is InChI=1S/C14H16BrN3O2S/c1-10-16-11(9-21-10)8-17-4-6-18(7-5-17)14(19)12-2-3-13(15)20-12/h2-3,9H,4-8H2,1H3. The van der Waals surface area contributed by atoms with Gasteiger partial charge in [-0.25, -0.2) is 4.98 Å². The SMILES string of the molecule is Cc1nc(CN2CCN(C(=O)c3ccc(Br)o3)CC2)cs1. The summed E-state index contributed by atoms with van der Waals surface area (Å²) in [5.41, 5.74) is 1.12. The maximum Gasteiger partial charge on any atom is 0.289 e. The number of aryl methyl sites for hydroxylation is 1. The first-order valence-corrected chi connectivity index (χ1v) is 8.47. The maximum absolute atomic E-state index is 12.3. The van der Waals surface area contributed by atoms with Crippen LogP contribution < -0.4 is 0 Å². The molecule has 5 nitrogen and oxygen atoms in total. The van der Waals surface area contributed by atoms with Crippen molar-refractivity contribution in [2.24, 2.45) is 0 Å². The molecule has 0 bridgehead atoms. The zero-order chi connectivity index (χ0) is 14.8. The van der Waals surface area contributed by atoms with Crippen molar-refractivity contribution >= 4 is 33.2 Å². The molecule has 1 aliphatic rings. The van der Waals surface area contributed by atoms with Crippen LogP contribution in [-0.2, 0) is 6.54 Å². The quantitative estimate of drug-likeness (QED) is 0.834. The fraction of sp³-hybridized carbons (Fsp3) is 0.429. The van der Waals surface area contributed by atoms with E-state index in [0.717, 1.165) is 43.4 Å². The van der Waals surface area contributed by atoms with Gasteiger partial charge in [-0.05, 0) is 35.0 Å². The Morgan fingerprint density at radius 2 is 2.14 bits per heavy atom. The van der Waals surface area contributed by atoms with E-state index in [9.17, 15) is 4.79 Å². The van der Waals surface area contributed by atoms with E-state index in [-0.39, 0.29) is 5.91 Å². The number of carbonyl (C=O) groups is 1. The number of amides is 1. The number of hydrogen-bond acceptors (Lipinski definition) is 5. The van der Waals surface area contributed by atoms with Gasteiger partial charge in [-0.3, -0.25) is 9.69 Å². The van der Waals surface area contributed by atoms with Crippen molar-refractivity contribution < 1.29 is 9.21 Å². The van der Waals surface area contributed by atoms with E-state index in [1.54, 1.807) is 23.5 Å². The van der Waals surface area contributed by atoms with Crippen LogP contribution >= 0.6 is 27.3 Å². The molecular weight excluding hydrogens is 354 g/mol. The molecule has 2 aromatic heterocycles. The number of aromatic nitrogens is 1. The van der Waals surface area contributed by atoms with E-state index >= 15 is 0 Å². The van der Waals surface area contributed by atoms with Crippen LogP contribution in [0.5, 0.6) is 0 Å². The molecule has 0 unspecified atom stereocenters. The molecule has 1 saturated heterocycles. The van der Waals surface area contributed by atoms with Crippen LogP contribution in [0.25, 0.3) is 0 Å². The Hall–Kier alpha value is -1.18. The Kier molecular flexibility index (Phi) is 4.42. The summed E-state index contributed by atoms with van der Waals surface area (Å²) in [5.74, 6) is 0.357.